The number of ether oxygens (including phenoxy) is 1. The van der Waals surface area contributed by atoms with Gasteiger partial charge in [0.2, 0.25) is 11.8 Å². The number of carbonyl (C=O) groups excluding carboxylic acids is 3. The van der Waals surface area contributed by atoms with Crippen molar-refractivity contribution in [3.8, 4) is 0 Å². The second-order valence-electron chi connectivity index (χ2n) is 6.04. The van der Waals surface area contributed by atoms with Crippen molar-refractivity contribution in [2.24, 2.45) is 0 Å². The SMILES string of the molecule is CCc1ccc(CN(CCOC)C(=O)[C@H]2CCC(=O)NC(=O)N2)cc1. The van der Waals surface area contributed by atoms with E-state index < -0.39 is 12.1 Å². The number of benzene rings is 1. The summed E-state index contributed by atoms with van der Waals surface area (Å²) in [5.74, 6) is -0.576. The molecule has 4 amide bonds. The normalized spacial score (nSPS) is 17.4. The van der Waals surface area contributed by atoms with Gasteiger partial charge in [0.15, 0.2) is 0 Å². The lowest BCUT2D eigenvalue weighted by atomic mass is 10.1. The molecule has 1 atom stereocenters. The van der Waals surface area contributed by atoms with Gasteiger partial charge in [-0.1, -0.05) is 31.2 Å². The van der Waals surface area contributed by atoms with Crippen molar-refractivity contribution in [2.75, 3.05) is 20.3 Å². The molecule has 1 saturated heterocycles. The van der Waals surface area contributed by atoms with Crippen molar-refractivity contribution in [3.05, 3.63) is 35.4 Å². The Hall–Kier alpha value is -2.41. The first-order valence-corrected chi connectivity index (χ1v) is 8.49. The van der Waals surface area contributed by atoms with Crippen LogP contribution in [-0.4, -0.2) is 49.0 Å². The number of hydrogen-bond donors (Lipinski definition) is 2. The van der Waals surface area contributed by atoms with E-state index >= 15 is 0 Å². The van der Waals surface area contributed by atoms with Crippen LogP contribution in [0.3, 0.4) is 0 Å². The Morgan fingerprint density at radius 3 is 2.56 bits per heavy atom. The van der Waals surface area contributed by atoms with Gasteiger partial charge in [0.05, 0.1) is 6.61 Å². The van der Waals surface area contributed by atoms with Gasteiger partial charge in [-0.25, -0.2) is 4.79 Å². The van der Waals surface area contributed by atoms with Crippen LogP contribution >= 0.6 is 0 Å². The van der Waals surface area contributed by atoms with Crippen molar-refractivity contribution < 1.29 is 19.1 Å². The first kappa shape index (κ1) is 18.9. The number of aryl methyl sites for hydroxylation is 1. The molecule has 0 bridgehead atoms. The average Bonchev–Trinajstić information content (AvgIpc) is 2.78. The molecular formula is C18H25N3O4. The van der Waals surface area contributed by atoms with Crippen LogP contribution in [0.1, 0.15) is 30.9 Å². The molecule has 136 valence electrons. The van der Waals surface area contributed by atoms with Crippen molar-refractivity contribution in [1.82, 2.24) is 15.5 Å². The fourth-order valence-electron chi connectivity index (χ4n) is 2.71. The van der Waals surface area contributed by atoms with Gasteiger partial charge in [-0.05, 0) is 24.0 Å². The third-order valence-electron chi connectivity index (χ3n) is 4.20. The molecule has 1 heterocycles. The van der Waals surface area contributed by atoms with Crippen LogP contribution in [0.5, 0.6) is 0 Å². The second-order valence-corrected chi connectivity index (χ2v) is 6.04. The molecule has 1 aliphatic heterocycles. The Labute approximate surface area is 147 Å². The van der Waals surface area contributed by atoms with Gasteiger partial charge in [-0.2, -0.15) is 0 Å². The summed E-state index contributed by atoms with van der Waals surface area (Å²) in [5, 5.41) is 4.75. The number of nitrogens with zero attached hydrogens (tertiary/aromatic N) is 1. The molecule has 7 nitrogen and oxygen atoms in total. The van der Waals surface area contributed by atoms with E-state index in [4.69, 9.17) is 4.74 Å². The standard InChI is InChI=1S/C18H25N3O4/c1-3-13-4-6-14(7-5-13)12-21(10-11-25-2)17(23)15-8-9-16(22)20-18(24)19-15/h4-7,15H,3,8-12H2,1-2H3,(H2,19,20,22,24)/t15-/m1/s1. The lowest BCUT2D eigenvalue weighted by Gasteiger charge is -2.27. The summed E-state index contributed by atoms with van der Waals surface area (Å²) in [7, 11) is 1.58. The number of rotatable bonds is 7. The molecule has 0 spiro atoms. The van der Waals surface area contributed by atoms with E-state index in [2.05, 4.69) is 17.6 Å². The average molecular weight is 347 g/mol. The first-order valence-electron chi connectivity index (χ1n) is 8.49. The molecule has 0 saturated carbocycles. The minimum atomic E-state index is -0.710. The number of carbonyl (C=O) groups is 3. The Morgan fingerprint density at radius 1 is 1.24 bits per heavy atom. The van der Waals surface area contributed by atoms with E-state index in [0.29, 0.717) is 19.7 Å². The van der Waals surface area contributed by atoms with E-state index in [0.717, 1.165) is 12.0 Å². The molecule has 1 fully saturated rings. The molecule has 0 unspecified atom stereocenters. The molecule has 7 heteroatoms. The third kappa shape index (κ3) is 5.56. The van der Waals surface area contributed by atoms with Crippen LogP contribution in [0.4, 0.5) is 4.79 Å². The number of hydrogen-bond acceptors (Lipinski definition) is 4. The molecule has 1 aromatic rings. The maximum Gasteiger partial charge on any atom is 0.322 e. The van der Waals surface area contributed by atoms with Crippen molar-refractivity contribution in [3.63, 3.8) is 0 Å². The summed E-state index contributed by atoms with van der Waals surface area (Å²) >= 11 is 0. The Morgan fingerprint density at radius 2 is 1.92 bits per heavy atom. The largest absolute Gasteiger partial charge is 0.383 e. The number of amides is 4. The van der Waals surface area contributed by atoms with Crippen LogP contribution in [0, 0.1) is 0 Å². The van der Waals surface area contributed by atoms with Gasteiger partial charge in [0, 0.05) is 26.6 Å². The quantitative estimate of drug-likeness (QED) is 0.776. The molecule has 0 aliphatic carbocycles. The van der Waals surface area contributed by atoms with Crippen LogP contribution in [0.25, 0.3) is 0 Å². The van der Waals surface area contributed by atoms with Gasteiger partial charge >= 0.3 is 6.03 Å². The minimum Gasteiger partial charge on any atom is -0.383 e. The van der Waals surface area contributed by atoms with Crippen molar-refractivity contribution >= 4 is 17.8 Å². The highest BCUT2D eigenvalue weighted by atomic mass is 16.5. The van der Waals surface area contributed by atoms with Crippen molar-refractivity contribution in [1.29, 1.82) is 0 Å². The monoisotopic (exact) mass is 347 g/mol. The Bertz CT molecular complexity index is 615. The smallest absolute Gasteiger partial charge is 0.322 e. The maximum atomic E-state index is 12.9. The second kappa shape index (κ2) is 9.17. The zero-order valence-corrected chi connectivity index (χ0v) is 14.7. The summed E-state index contributed by atoms with van der Waals surface area (Å²) in [5.41, 5.74) is 2.25. The fourth-order valence-corrected chi connectivity index (χ4v) is 2.71. The van der Waals surface area contributed by atoms with Gasteiger partial charge in [0.1, 0.15) is 6.04 Å². The molecule has 2 rings (SSSR count). The molecular weight excluding hydrogens is 322 g/mol. The van der Waals surface area contributed by atoms with E-state index in [9.17, 15) is 14.4 Å². The fraction of sp³-hybridized carbons (Fsp3) is 0.500. The van der Waals surface area contributed by atoms with E-state index in [1.165, 1.54) is 5.56 Å². The van der Waals surface area contributed by atoms with Crippen LogP contribution in [-0.2, 0) is 27.3 Å². The highest BCUT2D eigenvalue weighted by Crippen LogP contribution is 2.12. The van der Waals surface area contributed by atoms with Crippen molar-refractivity contribution in [2.45, 2.75) is 38.8 Å². The maximum absolute atomic E-state index is 12.9. The number of methoxy groups -OCH3 is 1. The van der Waals surface area contributed by atoms with Gasteiger partial charge in [-0.15, -0.1) is 0 Å². The predicted octanol–water partition coefficient (Wildman–Crippen LogP) is 1.21. The van der Waals surface area contributed by atoms with E-state index in [1.807, 2.05) is 24.3 Å². The molecule has 2 N–H and O–H groups in total. The molecule has 0 aromatic heterocycles. The van der Waals surface area contributed by atoms with Crippen LogP contribution in [0.15, 0.2) is 24.3 Å². The minimum absolute atomic E-state index is 0.137. The number of urea groups is 1. The summed E-state index contributed by atoms with van der Waals surface area (Å²) in [6.45, 7) is 3.34. The Balaban J connectivity index is 2.09. The highest BCUT2D eigenvalue weighted by molar-refractivity contribution is 5.98. The molecule has 1 aliphatic rings. The van der Waals surface area contributed by atoms with E-state index in [-0.39, 0.29) is 24.7 Å². The summed E-state index contributed by atoms with van der Waals surface area (Å²) in [6, 6.07) is 6.76. The number of nitrogens with one attached hydrogen (secondary N) is 2. The van der Waals surface area contributed by atoms with E-state index in [1.54, 1.807) is 12.0 Å². The molecule has 0 radical (unpaired) electrons. The van der Waals surface area contributed by atoms with Gasteiger partial charge in [0.25, 0.3) is 0 Å². The predicted molar refractivity (Wildman–Crippen MR) is 92.8 cm³/mol. The zero-order chi connectivity index (χ0) is 18.2. The summed E-state index contributed by atoms with van der Waals surface area (Å²) in [6.07, 6.45) is 1.38. The first-order chi connectivity index (χ1) is 12.0. The summed E-state index contributed by atoms with van der Waals surface area (Å²) in [4.78, 5) is 37.6. The lowest BCUT2D eigenvalue weighted by molar-refractivity contribution is -0.134. The zero-order valence-electron chi connectivity index (χ0n) is 14.7. The molecule has 1 aromatic carbocycles. The van der Waals surface area contributed by atoms with Crippen LogP contribution in [0.2, 0.25) is 0 Å². The highest BCUT2D eigenvalue weighted by Gasteiger charge is 2.29. The third-order valence-corrected chi connectivity index (χ3v) is 4.20. The summed E-state index contributed by atoms with van der Waals surface area (Å²) < 4.78 is 5.10. The Kier molecular flexibility index (Phi) is 6.94. The number of imide groups is 1. The lowest BCUT2D eigenvalue weighted by Crippen LogP contribution is -2.50. The topological polar surface area (TPSA) is 87.7 Å². The van der Waals surface area contributed by atoms with Gasteiger partial charge < -0.3 is 15.0 Å². The molecule has 25 heavy (non-hydrogen) atoms. The van der Waals surface area contributed by atoms with Crippen LogP contribution < -0.4 is 10.6 Å². The van der Waals surface area contributed by atoms with Gasteiger partial charge in [-0.3, -0.25) is 14.9 Å².